The molecule has 3 N–H and O–H groups in total. The van der Waals surface area contributed by atoms with Gasteiger partial charge in [-0.3, -0.25) is 4.79 Å². The van der Waals surface area contributed by atoms with Gasteiger partial charge in [0.1, 0.15) is 29.4 Å². The lowest BCUT2D eigenvalue weighted by Gasteiger charge is -2.13. The standard InChI is InChI=1S/C28H27N5O3/c1-33(2)17-7-12-25(34)32-21-9-6-8-20(18-21)26-27(29)30-19-31-28(26)36-24-15-13-23(14-16-24)35-22-10-4-3-5-11-22/h3-16,18-19H,17H2,1-2H3,(H,32,34)(H2,29,30,31)/b12-7+. The van der Waals surface area contributed by atoms with Crippen molar-refractivity contribution in [1.82, 2.24) is 14.9 Å². The number of carbonyl (C=O) groups excluding carboxylic acids is 1. The summed E-state index contributed by atoms with van der Waals surface area (Å²) in [5.41, 5.74) is 8.06. The summed E-state index contributed by atoms with van der Waals surface area (Å²) < 4.78 is 11.9. The van der Waals surface area contributed by atoms with E-state index in [4.69, 9.17) is 15.2 Å². The maximum Gasteiger partial charge on any atom is 0.248 e. The maximum absolute atomic E-state index is 12.3. The number of likely N-dealkylation sites (N-methyl/N-ethyl adjacent to an activating group) is 1. The molecule has 36 heavy (non-hydrogen) atoms. The first-order valence-electron chi connectivity index (χ1n) is 11.3. The van der Waals surface area contributed by atoms with E-state index in [1.54, 1.807) is 30.3 Å². The first-order valence-corrected chi connectivity index (χ1v) is 11.3. The molecule has 0 aliphatic carbocycles. The number of anilines is 2. The second kappa shape index (κ2) is 11.6. The van der Waals surface area contributed by atoms with Gasteiger partial charge >= 0.3 is 0 Å². The van der Waals surface area contributed by atoms with Crippen LogP contribution in [0.5, 0.6) is 23.1 Å². The molecule has 0 saturated heterocycles. The zero-order valence-electron chi connectivity index (χ0n) is 20.1. The van der Waals surface area contributed by atoms with E-state index in [9.17, 15) is 4.79 Å². The van der Waals surface area contributed by atoms with E-state index in [-0.39, 0.29) is 11.7 Å². The number of nitrogens with two attached hydrogens (primary N) is 1. The summed E-state index contributed by atoms with van der Waals surface area (Å²) in [6, 6.07) is 24.0. The number of nitrogen functional groups attached to an aromatic ring is 1. The molecule has 3 aromatic carbocycles. The number of rotatable bonds is 9. The van der Waals surface area contributed by atoms with E-state index in [2.05, 4.69) is 15.3 Å². The lowest BCUT2D eigenvalue weighted by Crippen LogP contribution is -2.12. The molecule has 0 saturated carbocycles. The molecule has 8 heteroatoms. The maximum atomic E-state index is 12.3. The fraction of sp³-hybridized carbons (Fsp3) is 0.107. The van der Waals surface area contributed by atoms with Crippen LogP contribution in [-0.4, -0.2) is 41.4 Å². The third-order valence-corrected chi connectivity index (χ3v) is 5.02. The average molecular weight is 482 g/mol. The second-order valence-corrected chi connectivity index (χ2v) is 8.16. The van der Waals surface area contributed by atoms with Crippen molar-refractivity contribution in [3.05, 3.63) is 97.3 Å². The molecule has 1 heterocycles. The molecule has 0 aliphatic rings. The summed E-state index contributed by atoms with van der Waals surface area (Å²) >= 11 is 0. The number of para-hydroxylation sites is 1. The molecular weight excluding hydrogens is 454 g/mol. The molecule has 0 radical (unpaired) electrons. The van der Waals surface area contributed by atoms with E-state index in [1.165, 1.54) is 12.4 Å². The molecule has 0 bridgehead atoms. The minimum Gasteiger partial charge on any atom is -0.457 e. The van der Waals surface area contributed by atoms with Gasteiger partial charge in [0.05, 0.1) is 5.56 Å². The highest BCUT2D eigenvalue weighted by atomic mass is 16.5. The Morgan fingerprint density at radius 3 is 2.33 bits per heavy atom. The number of carbonyl (C=O) groups is 1. The minimum absolute atomic E-state index is 0.222. The highest BCUT2D eigenvalue weighted by molar-refractivity contribution is 5.99. The van der Waals surface area contributed by atoms with Crippen LogP contribution >= 0.6 is 0 Å². The average Bonchev–Trinajstić information content (AvgIpc) is 2.86. The normalized spacial score (nSPS) is 11.0. The molecule has 4 rings (SSSR count). The van der Waals surface area contributed by atoms with Gasteiger partial charge in [0.15, 0.2) is 0 Å². The third kappa shape index (κ3) is 6.68. The number of nitrogens with zero attached hydrogens (tertiary/aromatic N) is 3. The van der Waals surface area contributed by atoms with Crippen LogP contribution in [0, 0.1) is 0 Å². The van der Waals surface area contributed by atoms with E-state index in [0.717, 1.165) is 5.75 Å². The lowest BCUT2D eigenvalue weighted by molar-refractivity contribution is -0.111. The largest absolute Gasteiger partial charge is 0.457 e. The predicted octanol–water partition coefficient (Wildman–Crippen LogP) is 5.37. The van der Waals surface area contributed by atoms with Crippen LogP contribution < -0.4 is 20.5 Å². The second-order valence-electron chi connectivity index (χ2n) is 8.16. The fourth-order valence-electron chi connectivity index (χ4n) is 3.35. The van der Waals surface area contributed by atoms with Crippen molar-refractivity contribution in [1.29, 1.82) is 0 Å². The van der Waals surface area contributed by atoms with Gasteiger partial charge in [0, 0.05) is 18.3 Å². The summed E-state index contributed by atoms with van der Waals surface area (Å²) in [6.07, 6.45) is 4.65. The Balaban J connectivity index is 1.51. The van der Waals surface area contributed by atoms with E-state index < -0.39 is 0 Å². The SMILES string of the molecule is CN(C)C/C=C/C(=O)Nc1cccc(-c2c(N)ncnc2Oc2ccc(Oc3ccccc3)cc2)c1. The Hall–Kier alpha value is -4.69. The summed E-state index contributed by atoms with van der Waals surface area (Å²) in [5, 5.41) is 2.86. The van der Waals surface area contributed by atoms with Crippen LogP contribution in [-0.2, 0) is 4.79 Å². The summed E-state index contributed by atoms with van der Waals surface area (Å²) in [7, 11) is 3.87. The number of nitrogens with one attached hydrogen (secondary N) is 1. The summed E-state index contributed by atoms with van der Waals surface area (Å²) in [4.78, 5) is 22.7. The zero-order valence-corrected chi connectivity index (χ0v) is 20.1. The Bertz CT molecular complexity index is 1340. The van der Waals surface area contributed by atoms with Crippen LogP contribution in [0.2, 0.25) is 0 Å². The Labute approximate surface area is 210 Å². The van der Waals surface area contributed by atoms with Gasteiger partial charge in [-0.15, -0.1) is 0 Å². The molecule has 8 nitrogen and oxygen atoms in total. The first-order chi connectivity index (χ1) is 17.5. The molecule has 0 fully saturated rings. The molecule has 0 atom stereocenters. The van der Waals surface area contributed by atoms with Crippen LogP contribution in [0.25, 0.3) is 11.1 Å². The van der Waals surface area contributed by atoms with E-state index in [1.807, 2.05) is 73.6 Å². The van der Waals surface area contributed by atoms with Crippen molar-refractivity contribution < 1.29 is 14.3 Å². The van der Waals surface area contributed by atoms with Gasteiger partial charge < -0.3 is 25.4 Å². The number of hydrogen-bond acceptors (Lipinski definition) is 7. The molecule has 0 aliphatic heterocycles. The number of aromatic nitrogens is 2. The number of ether oxygens (including phenoxy) is 2. The van der Waals surface area contributed by atoms with Crippen molar-refractivity contribution in [3.63, 3.8) is 0 Å². The van der Waals surface area contributed by atoms with Gasteiger partial charge in [-0.05, 0) is 68.2 Å². The van der Waals surface area contributed by atoms with Gasteiger partial charge in [-0.2, -0.15) is 0 Å². The minimum atomic E-state index is -0.222. The number of benzene rings is 3. The van der Waals surface area contributed by atoms with Crippen LogP contribution in [0.1, 0.15) is 0 Å². The van der Waals surface area contributed by atoms with Crippen LogP contribution in [0.4, 0.5) is 11.5 Å². The third-order valence-electron chi connectivity index (χ3n) is 5.02. The molecule has 1 aromatic heterocycles. The Kier molecular flexibility index (Phi) is 7.90. The predicted molar refractivity (Wildman–Crippen MR) is 141 cm³/mol. The van der Waals surface area contributed by atoms with Gasteiger partial charge in [-0.25, -0.2) is 9.97 Å². The van der Waals surface area contributed by atoms with Crippen molar-refractivity contribution in [2.75, 3.05) is 31.7 Å². The van der Waals surface area contributed by atoms with Gasteiger partial charge in [-0.1, -0.05) is 36.4 Å². The molecule has 1 amide bonds. The Morgan fingerprint density at radius 2 is 1.61 bits per heavy atom. The van der Waals surface area contributed by atoms with Crippen molar-refractivity contribution in [3.8, 4) is 34.3 Å². The van der Waals surface area contributed by atoms with Crippen molar-refractivity contribution in [2.24, 2.45) is 0 Å². The molecule has 0 spiro atoms. The highest BCUT2D eigenvalue weighted by Crippen LogP contribution is 2.36. The monoisotopic (exact) mass is 481 g/mol. The topological polar surface area (TPSA) is 103 Å². The van der Waals surface area contributed by atoms with E-state index >= 15 is 0 Å². The zero-order chi connectivity index (χ0) is 25.3. The van der Waals surface area contributed by atoms with Crippen LogP contribution in [0.15, 0.2) is 97.3 Å². The molecule has 182 valence electrons. The molecule has 0 unspecified atom stereocenters. The molecule has 4 aromatic rings. The number of hydrogen-bond donors (Lipinski definition) is 2. The Morgan fingerprint density at radius 1 is 0.917 bits per heavy atom. The summed E-state index contributed by atoms with van der Waals surface area (Å²) in [5.74, 6) is 2.33. The van der Waals surface area contributed by atoms with Gasteiger partial charge in [0.25, 0.3) is 0 Å². The fourth-order valence-corrected chi connectivity index (χ4v) is 3.35. The number of amides is 1. The first kappa shape index (κ1) is 24.4. The van der Waals surface area contributed by atoms with Crippen LogP contribution in [0.3, 0.4) is 0 Å². The lowest BCUT2D eigenvalue weighted by atomic mass is 10.1. The van der Waals surface area contributed by atoms with Gasteiger partial charge in [0.2, 0.25) is 11.8 Å². The quantitative estimate of drug-likeness (QED) is 0.310. The smallest absolute Gasteiger partial charge is 0.248 e. The van der Waals surface area contributed by atoms with Crippen molar-refractivity contribution >= 4 is 17.4 Å². The summed E-state index contributed by atoms with van der Waals surface area (Å²) in [6.45, 7) is 0.672. The van der Waals surface area contributed by atoms with Crippen molar-refractivity contribution in [2.45, 2.75) is 0 Å². The molecular formula is C28H27N5O3. The highest BCUT2D eigenvalue weighted by Gasteiger charge is 2.15. The van der Waals surface area contributed by atoms with E-state index in [0.29, 0.717) is 40.7 Å².